The molecule has 3 aromatic heterocycles. The van der Waals surface area contributed by atoms with Gasteiger partial charge in [-0.3, -0.25) is 0 Å². The van der Waals surface area contributed by atoms with Crippen LogP contribution in [0.25, 0.3) is 111 Å². The maximum atomic E-state index is 9.99. The van der Waals surface area contributed by atoms with Crippen molar-refractivity contribution in [3.63, 3.8) is 0 Å². The summed E-state index contributed by atoms with van der Waals surface area (Å²) in [4.78, 5) is 15.7. The zero-order valence-corrected chi connectivity index (χ0v) is 34.5. The van der Waals surface area contributed by atoms with E-state index in [1.807, 2.05) is 54.6 Å². The van der Waals surface area contributed by atoms with Crippen molar-refractivity contribution < 1.29 is 0 Å². The van der Waals surface area contributed by atoms with Gasteiger partial charge in [0.25, 0.3) is 0 Å². The predicted octanol–water partition coefficient (Wildman–Crippen LogP) is 14.3. The van der Waals surface area contributed by atoms with Crippen molar-refractivity contribution in [2.24, 2.45) is 0 Å². The molecule has 12 aromatic rings. The van der Waals surface area contributed by atoms with Crippen LogP contribution in [0.5, 0.6) is 0 Å². The minimum Gasteiger partial charge on any atom is -0.309 e. The Morgan fingerprint density at radius 1 is 0.344 bits per heavy atom. The first kappa shape index (κ1) is 36.9. The number of benzene rings is 9. The van der Waals surface area contributed by atoms with Crippen molar-refractivity contribution in [2.45, 2.75) is 0 Å². The molecular formula is C58H36N6. The van der Waals surface area contributed by atoms with Crippen LogP contribution in [0.4, 0.5) is 0 Å². The fraction of sp³-hybridized carbons (Fsp3) is 0. The molecule has 64 heavy (non-hydrogen) atoms. The zero-order chi connectivity index (χ0) is 42.6. The van der Waals surface area contributed by atoms with Crippen molar-refractivity contribution >= 4 is 43.6 Å². The van der Waals surface area contributed by atoms with Crippen LogP contribution in [-0.4, -0.2) is 24.1 Å². The molecule has 0 unspecified atom stereocenters. The van der Waals surface area contributed by atoms with Gasteiger partial charge in [0.05, 0.1) is 39.4 Å². The van der Waals surface area contributed by atoms with Gasteiger partial charge < -0.3 is 9.13 Å². The van der Waals surface area contributed by atoms with Gasteiger partial charge in [-0.2, -0.15) is 5.26 Å². The van der Waals surface area contributed by atoms with E-state index < -0.39 is 0 Å². The summed E-state index contributed by atoms with van der Waals surface area (Å²) in [7, 11) is 0. The van der Waals surface area contributed by atoms with Gasteiger partial charge in [-0.15, -0.1) is 0 Å². The summed E-state index contributed by atoms with van der Waals surface area (Å²) < 4.78 is 4.67. The maximum absolute atomic E-state index is 9.99. The van der Waals surface area contributed by atoms with E-state index in [4.69, 9.17) is 15.0 Å². The molecule has 0 saturated carbocycles. The second-order valence-electron chi connectivity index (χ2n) is 15.9. The maximum Gasteiger partial charge on any atom is 0.164 e. The number of hydrogen-bond donors (Lipinski definition) is 0. The van der Waals surface area contributed by atoms with E-state index in [0.29, 0.717) is 23.0 Å². The summed E-state index contributed by atoms with van der Waals surface area (Å²) in [6.07, 6.45) is 0. The molecule has 9 aromatic carbocycles. The highest BCUT2D eigenvalue weighted by molar-refractivity contribution is 6.16. The van der Waals surface area contributed by atoms with Crippen molar-refractivity contribution in [3.8, 4) is 73.9 Å². The molecule has 0 N–H and O–H groups in total. The second kappa shape index (κ2) is 15.2. The predicted molar refractivity (Wildman–Crippen MR) is 260 cm³/mol. The quantitative estimate of drug-likeness (QED) is 0.161. The van der Waals surface area contributed by atoms with E-state index >= 15 is 0 Å². The third kappa shape index (κ3) is 6.14. The molecule has 3 heterocycles. The Morgan fingerprint density at radius 3 is 1.58 bits per heavy atom. The van der Waals surface area contributed by atoms with E-state index in [1.54, 1.807) is 0 Å². The molecular weight excluding hydrogens is 781 g/mol. The lowest BCUT2D eigenvalue weighted by molar-refractivity contribution is 1.07. The first-order valence-electron chi connectivity index (χ1n) is 21.3. The van der Waals surface area contributed by atoms with Gasteiger partial charge in [-0.1, -0.05) is 170 Å². The zero-order valence-electron chi connectivity index (χ0n) is 34.5. The van der Waals surface area contributed by atoms with E-state index in [-0.39, 0.29) is 0 Å². The second-order valence-corrected chi connectivity index (χ2v) is 15.9. The first-order valence-corrected chi connectivity index (χ1v) is 21.3. The Kier molecular flexibility index (Phi) is 8.77. The van der Waals surface area contributed by atoms with E-state index in [1.165, 1.54) is 0 Å². The fourth-order valence-corrected chi connectivity index (χ4v) is 9.27. The molecule has 0 bridgehead atoms. The van der Waals surface area contributed by atoms with Crippen LogP contribution < -0.4 is 0 Å². The standard InChI is InChI=1S/C58H36N6/c59-37-38-27-33-47-46-21-10-12-23-50(46)64(54(47)35-38)53-26-14-25-52-55(53)48-22-11-13-24-51(48)63(52)44-32-34-45(41-17-6-2-7-18-41)49(36-44)58-61-56(42-19-8-3-9-20-42)60-57(62-58)43-30-28-40(29-31-43)39-15-4-1-5-16-39/h1-36H. The van der Waals surface area contributed by atoms with Crippen LogP contribution in [0.3, 0.4) is 0 Å². The van der Waals surface area contributed by atoms with Crippen LogP contribution in [0.15, 0.2) is 218 Å². The molecule has 0 atom stereocenters. The van der Waals surface area contributed by atoms with Gasteiger partial charge in [0.1, 0.15) is 0 Å². The molecule has 298 valence electrons. The Bertz CT molecular complexity index is 3770. The lowest BCUT2D eigenvalue weighted by Gasteiger charge is -2.16. The number of para-hydroxylation sites is 2. The van der Waals surface area contributed by atoms with Crippen LogP contribution in [0.1, 0.15) is 5.56 Å². The molecule has 0 saturated heterocycles. The normalized spacial score (nSPS) is 11.4. The Labute approximate surface area is 369 Å². The number of nitrogens with zero attached hydrogens (tertiary/aromatic N) is 6. The minimum absolute atomic E-state index is 0.580. The topological polar surface area (TPSA) is 72.3 Å². The molecule has 0 fully saturated rings. The Balaban J connectivity index is 1.10. The van der Waals surface area contributed by atoms with E-state index in [0.717, 1.165) is 93.9 Å². The molecule has 6 heteroatoms. The average Bonchev–Trinajstić information content (AvgIpc) is 3.89. The fourth-order valence-electron chi connectivity index (χ4n) is 9.27. The SMILES string of the molecule is N#Cc1ccc2c3ccccc3n(-c3cccc4c3c3ccccc3n4-c3ccc(-c4ccccc4)c(-c4nc(-c5ccccc5)nc(-c5ccc(-c6ccccc6)cc5)n4)c3)c2c1. The van der Waals surface area contributed by atoms with E-state index in [9.17, 15) is 5.26 Å². The van der Waals surface area contributed by atoms with Crippen molar-refractivity contribution in [2.75, 3.05) is 0 Å². The summed E-state index contributed by atoms with van der Waals surface area (Å²) in [6.45, 7) is 0. The molecule has 0 aliphatic heterocycles. The van der Waals surface area contributed by atoms with Gasteiger partial charge in [0.2, 0.25) is 0 Å². The average molecular weight is 817 g/mol. The number of fused-ring (bicyclic) bond motifs is 6. The van der Waals surface area contributed by atoms with Crippen LogP contribution in [0.2, 0.25) is 0 Å². The highest BCUT2D eigenvalue weighted by atomic mass is 15.0. The Hall–Kier alpha value is -8.92. The third-order valence-corrected chi connectivity index (χ3v) is 12.2. The number of hydrogen-bond acceptors (Lipinski definition) is 4. The van der Waals surface area contributed by atoms with Crippen LogP contribution in [0, 0.1) is 11.3 Å². The lowest BCUT2D eigenvalue weighted by atomic mass is 9.98. The molecule has 6 nitrogen and oxygen atoms in total. The largest absolute Gasteiger partial charge is 0.309 e. The summed E-state index contributed by atoms with van der Waals surface area (Å²) in [5, 5.41) is 14.5. The van der Waals surface area contributed by atoms with Gasteiger partial charge in [0, 0.05) is 43.9 Å². The van der Waals surface area contributed by atoms with Crippen molar-refractivity contribution in [1.82, 2.24) is 24.1 Å². The number of aromatic nitrogens is 5. The first-order chi connectivity index (χ1) is 31.7. The highest BCUT2D eigenvalue weighted by Crippen LogP contribution is 2.42. The lowest BCUT2D eigenvalue weighted by Crippen LogP contribution is -2.02. The Morgan fingerprint density at radius 2 is 0.875 bits per heavy atom. The van der Waals surface area contributed by atoms with Crippen LogP contribution in [-0.2, 0) is 0 Å². The van der Waals surface area contributed by atoms with Gasteiger partial charge in [-0.05, 0) is 70.8 Å². The third-order valence-electron chi connectivity index (χ3n) is 12.2. The molecule has 12 rings (SSSR count). The van der Waals surface area contributed by atoms with Crippen molar-refractivity contribution in [3.05, 3.63) is 224 Å². The summed E-state index contributed by atoms with van der Waals surface area (Å²) in [5.74, 6) is 1.78. The smallest absolute Gasteiger partial charge is 0.164 e. The van der Waals surface area contributed by atoms with Crippen molar-refractivity contribution in [1.29, 1.82) is 5.26 Å². The molecule has 0 radical (unpaired) electrons. The van der Waals surface area contributed by atoms with Crippen LogP contribution >= 0.6 is 0 Å². The van der Waals surface area contributed by atoms with Gasteiger partial charge >= 0.3 is 0 Å². The van der Waals surface area contributed by atoms with Gasteiger partial charge in [0.15, 0.2) is 17.5 Å². The molecule has 0 amide bonds. The summed E-state index contributed by atoms with van der Waals surface area (Å²) in [5.41, 5.74) is 13.9. The molecule has 0 aliphatic carbocycles. The van der Waals surface area contributed by atoms with Gasteiger partial charge in [-0.25, -0.2) is 15.0 Å². The highest BCUT2D eigenvalue weighted by Gasteiger charge is 2.22. The minimum atomic E-state index is 0.580. The number of rotatable bonds is 7. The molecule has 0 aliphatic rings. The monoisotopic (exact) mass is 816 g/mol. The summed E-state index contributed by atoms with van der Waals surface area (Å²) in [6, 6.07) is 78.0. The number of nitriles is 1. The summed E-state index contributed by atoms with van der Waals surface area (Å²) >= 11 is 0. The molecule has 0 spiro atoms. The van der Waals surface area contributed by atoms with E-state index in [2.05, 4.69) is 179 Å².